The summed E-state index contributed by atoms with van der Waals surface area (Å²) in [6.45, 7) is 8.25. The third-order valence-corrected chi connectivity index (χ3v) is 8.56. The highest BCUT2D eigenvalue weighted by Crippen LogP contribution is 2.55. The summed E-state index contributed by atoms with van der Waals surface area (Å²) in [6.07, 6.45) is -0.288. The zero-order valence-electron chi connectivity index (χ0n) is 20.5. The highest BCUT2D eigenvalue weighted by molar-refractivity contribution is 7.41. The highest BCUT2D eigenvalue weighted by atomic mass is 31.1. The molecule has 0 aliphatic heterocycles. The molecule has 35 heavy (non-hydrogen) atoms. The largest absolute Gasteiger partial charge is 0.480 e. The van der Waals surface area contributed by atoms with Crippen molar-refractivity contribution >= 4 is 14.0 Å². The molecule has 6 nitrogen and oxygen atoms in total. The van der Waals surface area contributed by atoms with Gasteiger partial charge >= 0.3 is 5.97 Å². The minimum absolute atomic E-state index is 0.160. The van der Waals surface area contributed by atoms with Crippen molar-refractivity contribution in [2.75, 3.05) is 0 Å². The van der Waals surface area contributed by atoms with E-state index < -0.39 is 30.6 Å². The second-order valence-electron chi connectivity index (χ2n) is 9.19. The number of carboxylic acids is 1. The fourth-order valence-electron chi connectivity index (χ4n) is 4.83. The number of halogens is 1. The van der Waals surface area contributed by atoms with Gasteiger partial charge in [-0.05, 0) is 55.0 Å². The Morgan fingerprint density at radius 1 is 1.09 bits per heavy atom. The quantitative estimate of drug-likeness (QED) is 0.334. The second-order valence-corrected chi connectivity index (χ2v) is 10.7. The van der Waals surface area contributed by atoms with Crippen molar-refractivity contribution in [3.8, 4) is 22.4 Å². The molecule has 0 aliphatic carbocycles. The van der Waals surface area contributed by atoms with E-state index in [9.17, 15) is 28.9 Å². The Labute approximate surface area is 205 Å². The molecule has 3 aromatic rings. The molecule has 0 saturated heterocycles. The van der Waals surface area contributed by atoms with E-state index in [1.54, 1.807) is 19.1 Å². The summed E-state index contributed by atoms with van der Waals surface area (Å²) in [4.78, 5) is 27.7. The molecule has 0 fully saturated rings. The summed E-state index contributed by atoms with van der Waals surface area (Å²) in [7, 11) is -3.79. The van der Waals surface area contributed by atoms with Crippen LogP contribution in [0.25, 0.3) is 22.4 Å². The third-order valence-electron chi connectivity index (χ3n) is 6.77. The predicted octanol–water partition coefficient (Wildman–Crippen LogP) is 5.89. The Balaban J connectivity index is 2.57. The van der Waals surface area contributed by atoms with Crippen LogP contribution in [0, 0.1) is 12.7 Å². The lowest BCUT2D eigenvalue weighted by atomic mass is 9.73. The number of aliphatic carboxylic acids is 1. The van der Waals surface area contributed by atoms with Crippen molar-refractivity contribution < 1.29 is 28.9 Å². The van der Waals surface area contributed by atoms with E-state index in [0.29, 0.717) is 28.1 Å². The van der Waals surface area contributed by atoms with E-state index in [-0.39, 0.29) is 17.9 Å². The molecule has 0 spiro atoms. The Bertz CT molecular complexity index is 1240. The first-order valence-corrected chi connectivity index (χ1v) is 12.8. The number of pyridine rings is 1. The summed E-state index contributed by atoms with van der Waals surface area (Å²) in [5.74, 6) is -2.29. The first-order chi connectivity index (χ1) is 16.4. The van der Waals surface area contributed by atoms with Gasteiger partial charge in [0.1, 0.15) is 11.4 Å². The number of aliphatic hydroxyl groups is 1. The lowest BCUT2D eigenvalue weighted by Crippen LogP contribution is -2.53. The Hall–Kier alpha value is -2.86. The molecule has 0 saturated carbocycles. The SMILES string of the molecule is CCC(C(=O)O)([PH](=O)O)C(C)(O)c1c(C(C)C)nc(-c2ccccc2)c(C)c1-c1ccc(F)cc1. The molecular weight excluding hydrogens is 468 g/mol. The number of aromatic nitrogens is 1. The van der Waals surface area contributed by atoms with Crippen LogP contribution >= 0.6 is 8.03 Å². The molecular formula is C27H31FNO5P. The van der Waals surface area contributed by atoms with E-state index in [2.05, 4.69) is 0 Å². The highest BCUT2D eigenvalue weighted by Gasteiger charge is 2.59. The minimum atomic E-state index is -3.79. The van der Waals surface area contributed by atoms with Gasteiger partial charge in [0, 0.05) is 11.1 Å². The molecule has 0 aliphatic rings. The molecule has 8 heteroatoms. The van der Waals surface area contributed by atoms with E-state index in [1.807, 2.05) is 44.2 Å². The summed E-state index contributed by atoms with van der Waals surface area (Å²) in [5.41, 5.74) is 1.36. The van der Waals surface area contributed by atoms with E-state index in [1.165, 1.54) is 26.0 Å². The first-order valence-electron chi connectivity index (χ1n) is 11.5. The molecule has 1 aromatic heterocycles. The summed E-state index contributed by atoms with van der Waals surface area (Å²) >= 11 is 0. The van der Waals surface area contributed by atoms with Crippen molar-refractivity contribution in [2.45, 2.75) is 57.7 Å². The number of hydrogen-bond acceptors (Lipinski definition) is 4. The second kappa shape index (κ2) is 10.0. The maximum Gasteiger partial charge on any atom is 0.322 e. The molecule has 3 rings (SSSR count). The molecule has 2 aromatic carbocycles. The molecule has 186 valence electrons. The van der Waals surface area contributed by atoms with Crippen molar-refractivity contribution in [1.82, 2.24) is 4.98 Å². The van der Waals surface area contributed by atoms with Gasteiger partial charge in [0.05, 0.1) is 11.4 Å². The van der Waals surface area contributed by atoms with Crippen molar-refractivity contribution in [3.05, 3.63) is 77.2 Å². The number of benzene rings is 2. The zero-order valence-corrected chi connectivity index (χ0v) is 21.5. The van der Waals surface area contributed by atoms with Gasteiger partial charge in [0.2, 0.25) is 8.03 Å². The number of carboxylic acid groups (broad SMARTS) is 1. The molecule has 0 radical (unpaired) electrons. The van der Waals surface area contributed by atoms with Gasteiger partial charge < -0.3 is 15.1 Å². The van der Waals surface area contributed by atoms with E-state index >= 15 is 0 Å². The van der Waals surface area contributed by atoms with Crippen LogP contribution in [0.4, 0.5) is 4.39 Å². The number of rotatable bonds is 8. The molecule has 3 atom stereocenters. The summed E-state index contributed by atoms with van der Waals surface area (Å²) in [5, 5.41) is 19.8. The van der Waals surface area contributed by atoms with Crippen LogP contribution < -0.4 is 0 Å². The van der Waals surface area contributed by atoms with E-state index in [0.717, 1.165) is 5.56 Å². The number of nitrogens with zero attached hydrogens (tertiary/aromatic N) is 1. The Morgan fingerprint density at radius 3 is 2.11 bits per heavy atom. The van der Waals surface area contributed by atoms with Gasteiger partial charge in [-0.15, -0.1) is 0 Å². The van der Waals surface area contributed by atoms with E-state index in [4.69, 9.17) is 4.98 Å². The summed E-state index contributed by atoms with van der Waals surface area (Å²) < 4.78 is 26.5. The van der Waals surface area contributed by atoms with Gasteiger partial charge in [-0.2, -0.15) is 0 Å². The first kappa shape index (κ1) is 26.7. The Morgan fingerprint density at radius 2 is 1.66 bits per heavy atom. The molecule has 3 unspecified atom stereocenters. The molecule has 0 amide bonds. The fourth-order valence-corrected chi connectivity index (χ4v) is 5.85. The normalized spacial score (nSPS) is 15.9. The lowest BCUT2D eigenvalue weighted by molar-refractivity contribution is -0.149. The number of hydrogen-bond donors (Lipinski definition) is 3. The fraction of sp³-hybridized carbons (Fsp3) is 0.333. The van der Waals surface area contributed by atoms with Crippen LogP contribution in [0.15, 0.2) is 54.6 Å². The lowest BCUT2D eigenvalue weighted by Gasteiger charge is -2.42. The van der Waals surface area contributed by atoms with Crippen molar-refractivity contribution in [2.24, 2.45) is 0 Å². The smallest absolute Gasteiger partial charge is 0.322 e. The molecule has 0 bridgehead atoms. The van der Waals surface area contributed by atoms with Crippen LogP contribution in [0.3, 0.4) is 0 Å². The monoisotopic (exact) mass is 499 g/mol. The van der Waals surface area contributed by atoms with Crippen LogP contribution in [0.2, 0.25) is 0 Å². The molecule has 3 N–H and O–H groups in total. The molecule has 1 heterocycles. The van der Waals surface area contributed by atoms with Gasteiger partial charge in [0.15, 0.2) is 5.16 Å². The van der Waals surface area contributed by atoms with Gasteiger partial charge in [-0.25, -0.2) is 4.39 Å². The number of carbonyl (C=O) groups is 1. The average Bonchev–Trinajstić information content (AvgIpc) is 2.80. The average molecular weight is 500 g/mol. The standard InChI is InChI=1S/C27H31FNO5P/c1-6-27(25(30)31,35(33)34)26(5,32)22-21(18-12-14-20(28)15-13-18)17(4)24(29-23(22)16(2)3)19-10-8-7-9-11-19/h7-16,32,35H,6H2,1-5H3,(H,30,31)(H,33,34). The summed E-state index contributed by atoms with van der Waals surface area (Å²) in [6, 6.07) is 15.1. The van der Waals surface area contributed by atoms with Crippen molar-refractivity contribution in [3.63, 3.8) is 0 Å². The third kappa shape index (κ3) is 4.44. The van der Waals surface area contributed by atoms with Crippen LogP contribution in [-0.4, -0.2) is 31.2 Å². The topological polar surface area (TPSA) is 108 Å². The maximum atomic E-state index is 13.8. The minimum Gasteiger partial charge on any atom is -0.480 e. The zero-order chi connectivity index (χ0) is 26.1. The Kier molecular flexibility index (Phi) is 7.65. The van der Waals surface area contributed by atoms with Crippen molar-refractivity contribution in [1.29, 1.82) is 0 Å². The van der Waals surface area contributed by atoms with Gasteiger partial charge in [-0.1, -0.05) is 63.2 Å². The van der Waals surface area contributed by atoms with Crippen LogP contribution in [-0.2, 0) is 15.0 Å². The van der Waals surface area contributed by atoms with Gasteiger partial charge in [0.25, 0.3) is 0 Å². The maximum absolute atomic E-state index is 13.8. The van der Waals surface area contributed by atoms with Gasteiger partial charge in [-0.3, -0.25) is 14.3 Å². The predicted molar refractivity (Wildman–Crippen MR) is 135 cm³/mol. The van der Waals surface area contributed by atoms with Crippen LogP contribution in [0.5, 0.6) is 0 Å². The van der Waals surface area contributed by atoms with Crippen LogP contribution in [0.1, 0.15) is 56.9 Å².